The first-order chi connectivity index (χ1) is 18.4. The summed E-state index contributed by atoms with van der Waals surface area (Å²) in [5.41, 5.74) is 1.31. The van der Waals surface area contributed by atoms with Gasteiger partial charge in [-0.3, -0.25) is 9.59 Å². The first-order valence-corrected chi connectivity index (χ1v) is 13.8. The molecule has 0 aromatic heterocycles. The highest BCUT2D eigenvalue weighted by molar-refractivity contribution is 5.89. The van der Waals surface area contributed by atoms with Gasteiger partial charge in [0.1, 0.15) is 11.9 Å². The fourth-order valence-electron chi connectivity index (χ4n) is 5.49. The van der Waals surface area contributed by atoms with Crippen molar-refractivity contribution in [3.05, 3.63) is 41.2 Å². The van der Waals surface area contributed by atoms with Crippen LogP contribution in [0.15, 0.2) is 24.3 Å². The molecule has 0 radical (unpaired) electrons. The normalized spacial score (nSPS) is 22.9. The number of ether oxygens (including phenoxy) is 2. The summed E-state index contributed by atoms with van der Waals surface area (Å²) in [7, 11) is 1.28. The van der Waals surface area contributed by atoms with Crippen LogP contribution in [-0.4, -0.2) is 61.4 Å². The molecule has 5 atom stereocenters. The molecule has 5 unspecified atom stereocenters. The van der Waals surface area contributed by atoms with E-state index in [1.807, 2.05) is 0 Å². The molecule has 0 spiro atoms. The van der Waals surface area contributed by atoms with Gasteiger partial charge in [0.15, 0.2) is 0 Å². The van der Waals surface area contributed by atoms with Gasteiger partial charge >= 0.3 is 5.97 Å². The van der Waals surface area contributed by atoms with Gasteiger partial charge in [-0.25, -0.2) is 9.18 Å². The topological polar surface area (TPSA) is 114 Å². The fourth-order valence-corrected chi connectivity index (χ4v) is 5.49. The third kappa shape index (κ3) is 8.11. The van der Waals surface area contributed by atoms with E-state index in [1.165, 1.54) is 44.6 Å². The molecule has 2 heterocycles. The minimum Gasteiger partial charge on any atom is -0.466 e. The van der Waals surface area contributed by atoms with E-state index in [4.69, 9.17) is 4.74 Å². The Bertz CT molecular complexity index is 984. The molecule has 2 aliphatic rings. The predicted octanol–water partition coefficient (Wildman–Crippen LogP) is 3.30. The number of esters is 1. The van der Waals surface area contributed by atoms with Crippen molar-refractivity contribution >= 4 is 23.9 Å². The highest BCUT2D eigenvalue weighted by Gasteiger charge is 2.52. The SMILES string of the molecule is CCCCCCCCNC(=O)C(CO)NC(=O)C1C2CCC(O2)C1Cc1cc(F)ccc1C=CC(=O)OC. The Hall–Kier alpha value is -2.78. The number of aliphatic hydroxyl groups is 1. The monoisotopic (exact) mass is 532 g/mol. The number of amides is 2. The second-order valence-electron chi connectivity index (χ2n) is 10.2. The van der Waals surface area contributed by atoms with Crippen LogP contribution in [0.1, 0.15) is 69.4 Å². The summed E-state index contributed by atoms with van der Waals surface area (Å²) < 4.78 is 24.9. The van der Waals surface area contributed by atoms with Crippen LogP contribution in [0.25, 0.3) is 6.08 Å². The number of halogens is 1. The highest BCUT2D eigenvalue weighted by atomic mass is 19.1. The van der Waals surface area contributed by atoms with Crippen LogP contribution in [-0.2, 0) is 30.3 Å². The van der Waals surface area contributed by atoms with Crippen LogP contribution in [0.3, 0.4) is 0 Å². The smallest absolute Gasteiger partial charge is 0.330 e. The summed E-state index contributed by atoms with van der Waals surface area (Å²) in [4.78, 5) is 37.5. The Kier molecular flexibility index (Phi) is 11.7. The average Bonchev–Trinajstić information content (AvgIpc) is 3.52. The molecule has 3 N–H and O–H groups in total. The number of carbonyl (C=O) groups excluding carboxylic acids is 3. The lowest BCUT2D eigenvalue weighted by Crippen LogP contribution is -2.53. The third-order valence-corrected chi connectivity index (χ3v) is 7.53. The quantitative estimate of drug-likeness (QED) is 0.181. The van der Waals surface area contributed by atoms with Gasteiger partial charge in [-0.15, -0.1) is 0 Å². The summed E-state index contributed by atoms with van der Waals surface area (Å²) in [6.45, 7) is 2.16. The number of unbranched alkanes of at least 4 members (excludes halogenated alkanes) is 5. The Morgan fingerprint density at radius 3 is 2.63 bits per heavy atom. The molecule has 3 rings (SSSR count). The standard InChI is InChI=1S/C29H41FN2O6/c1-3-4-5-6-7-8-15-31-28(35)23(18-33)32-29(36)27-22(24-12-13-25(27)38-24)17-20-16-21(30)11-9-19(20)10-14-26(34)37-2/h9-11,14,16,22-25,27,33H,3-8,12-13,15,17-18H2,1-2H3,(H,31,35)(H,32,36). The van der Waals surface area contributed by atoms with Crippen LogP contribution in [0.2, 0.25) is 0 Å². The lowest BCUT2D eigenvalue weighted by atomic mass is 9.75. The minimum absolute atomic E-state index is 0.162. The Balaban J connectivity index is 1.62. The van der Waals surface area contributed by atoms with Crippen molar-refractivity contribution < 1.29 is 33.4 Å². The Morgan fingerprint density at radius 1 is 1.16 bits per heavy atom. The molecule has 2 saturated heterocycles. The van der Waals surface area contributed by atoms with E-state index < -0.39 is 36.3 Å². The van der Waals surface area contributed by atoms with Crippen LogP contribution in [0.4, 0.5) is 4.39 Å². The molecular weight excluding hydrogens is 491 g/mol. The molecular formula is C29H41FN2O6. The van der Waals surface area contributed by atoms with Gasteiger partial charge in [0.25, 0.3) is 0 Å². The number of fused-ring (bicyclic) bond motifs is 2. The number of aliphatic hydroxyl groups excluding tert-OH is 1. The van der Waals surface area contributed by atoms with Crippen molar-refractivity contribution in [1.29, 1.82) is 0 Å². The van der Waals surface area contributed by atoms with Crippen molar-refractivity contribution in [1.82, 2.24) is 10.6 Å². The summed E-state index contributed by atoms with van der Waals surface area (Å²) in [5, 5.41) is 15.4. The van der Waals surface area contributed by atoms with Crippen molar-refractivity contribution in [3.8, 4) is 0 Å². The second kappa shape index (κ2) is 15.0. The van der Waals surface area contributed by atoms with Gasteiger partial charge < -0.3 is 25.2 Å². The summed E-state index contributed by atoms with van der Waals surface area (Å²) in [5.74, 6) is -2.45. The minimum atomic E-state index is -1.05. The molecule has 38 heavy (non-hydrogen) atoms. The molecule has 210 valence electrons. The second-order valence-corrected chi connectivity index (χ2v) is 10.2. The largest absolute Gasteiger partial charge is 0.466 e. The van der Waals surface area contributed by atoms with Crippen molar-refractivity contribution in [2.24, 2.45) is 11.8 Å². The van der Waals surface area contributed by atoms with Crippen LogP contribution in [0.5, 0.6) is 0 Å². The molecule has 2 aliphatic heterocycles. The molecule has 9 heteroatoms. The summed E-state index contributed by atoms with van der Waals surface area (Å²) in [6, 6.07) is 3.26. The number of nitrogens with one attached hydrogen (secondary N) is 2. The fraction of sp³-hybridized carbons (Fsp3) is 0.621. The molecule has 1 aromatic carbocycles. The third-order valence-electron chi connectivity index (χ3n) is 7.53. The lowest BCUT2D eigenvalue weighted by Gasteiger charge is -2.29. The highest BCUT2D eigenvalue weighted by Crippen LogP contribution is 2.45. The first-order valence-electron chi connectivity index (χ1n) is 13.8. The number of benzene rings is 1. The van der Waals surface area contributed by atoms with Gasteiger partial charge in [0, 0.05) is 18.5 Å². The molecule has 2 amide bonds. The zero-order valence-corrected chi connectivity index (χ0v) is 22.4. The van der Waals surface area contributed by atoms with Crippen LogP contribution < -0.4 is 10.6 Å². The summed E-state index contributed by atoms with van der Waals surface area (Å²) in [6.07, 6.45) is 10.9. The van der Waals surface area contributed by atoms with E-state index in [9.17, 15) is 23.9 Å². The molecule has 8 nitrogen and oxygen atoms in total. The van der Waals surface area contributed by atoms with Gasteiger partial charge in [0.05, 0.1) is 31.8 Å². The van der Waals surface area contributed by atoms with E-state index in [0.29, 0.717) is 24.1 Å². The number of methoxy groups -OCH3 is 1. The molecule has 0 saturated carbocycles. The number of carbonyl (C=O) groups is 3. The van der Waals surface area contributed by atoms with Crippen LogP contribution in [0, 0.1) is 17.7 Å². The van der Waals surface area contributed by atoms with Gasteiger partial charge in [-0.2, -0.15) is 0 Å². The van der Waals surface area contributed by atoms with E-state index in [2.05, 4.69) is 22.3 Å². The van der Waals surface area contributed by atoms with Crippen molar-refractivity contribution in [3.63, 3.8) is 0 Å². The zero-order valence-electron chi connectivity index (χ0n) is 22.4. The summed E-state index contributed by atoms with van der Waals surface area (Å²) >= 11 is 0. The van der Waals surface area contributed by atoms with E-state index in [-0.39, 0.29) is 24.0 Å². The number of hydrogen-bond donors (Lipinski definition) is 3. The van der Waals surface area contributed by atoms with Gasteiger partial charge in [0.2, 0.25) is 11.8 Å². The maximum absolute atomic E-state index is 14.1. The average molecular weight is 533 g/mol. The first kappa shape index (κ1) is 29.8. The molecule has 1 aromatic rings. The molecule has 0 aliphatic carbocycles. The van der Waals surface area contributed by atoms with Crippen molar-refractivity contribution in [2.75, 3.05) is 20.3 Å². The van der Waals surface area contributed by atoms with Gasteiger partial charge in [-0.1, -0.05) is 45.1 Å². The number of rotatable bonds is 15. The zero-order chi connectivity index (χ0) is 27.5. The van der Waals surface area contributed by atoms with E-state index in [1.54, 1.807) is 12.1 Å². The van der Waals surface area contributed by atoms with E-state index >= 15 is 0 Å². The maximum atomic E-state index is 14.1. The van der Waals surface area contributed by atoms with Crippen molar-refractivity contribution in [2.45, 2.75) is 83.0 Å². The Morgan fingerprint density at radius 2 is 1.89 bits per heavy atom. The van der Waals surface area contributed by atoms with Gasteiger partial charge in [-0.05, 0) is 55.0 Å². The molecule has 2 bridgehead atoms. The van der Waals surface area contributed by atoms with E-state index in [0.717, 1.165) is 32.1 Å². The van der Waals surface area contributed by atoms with Crippen LogP contribution >= 0.6 is 0 Å². The number of hydrogen-bond acceptors (Lipinski definition) is 6. The maximum Gasteiger partial charge on any atom is 0.330 e. The molecule has 2 fully saturated rings. The Labute approximate surface area is 224 Å². The lowest BCUT2D eigenvalue weighted by molar-refractivity contribution is -0.134. The predicted molar refractivity (Wildman–Crippen MR) is 141 cm³/mol.